The Labute approximate surface area is 254 Å². The van der Waals surface area contributed by atoms with Crippen molar-refractivity contribution < 1.29 is 19.4 Å². The van der Waals surface area contributed by atoms with E-state index in [1.54, 1.807) is 12.4 Å². The molecule has 4 fully saturated rings. The van der Waals surface area contributed by atoms with Crippen LogP contribution in [0.1, 0.15) is 68.0 Å². The van der Waals surface area contributed by atoms with Crippen LogP contribution in [0.4, 0.5) is 5.69 Å². The molecule has 3 aromatic rings. The number of hydrogen-bond donors (Lipinski definition) is 2. The first-order valence-electron chi connectivity index (χ1n) is 15.8. The molecule has 8 atom stereocenters. The molecule has 1 aromatic heterocycles. The summed E-state index contributed by atoms with van der Waals surface area (Å²) in [6.07, 6.45) is 5.58. The largest absolute Gasteiger partial charge is 0.390 e. The molecular formula is C36H43N3O4. The molecule has 0 spiro atoms. The molecule has 2 aliphatic carbocycles. The Morgan fingerprint density at radius 2 is 1.81 bits per heavy atom. The number of rotatable bonds is 7. The molecule has 1 saturated carbocycles. The van der Waals surface area contributed by atoms with E-state index < -0.39 is 18.2 Å². The minimum atomic E-state index is -0.669. The third kappa shape index (κ3) is 5.36. The lowest BCUT2D eigenvalue weighted by Crippen LogP contribution is -2.48. The van der Waals surface area contributed by atoms with Gasteiger partial charge in [0.15, 0.2) is 6.29 Å². The number of aliphatic hydroxyl groups is 1. The van der Waals surface area contributed by atoms with Gasteiger partial charge in [0.05, 0.1) is 25.4 Å². The molecule has 4 bridgehead atoms. The number of carbonyl (C=O) groups is 1. The molecule has 5 aliphatic rings. The van der Waals surface area contributed by atoms with Crippen LogP contribution < -0.4 is 10.2 Å². The van der Waals surface area contributed by atoms with Crippen LogP contribution in [0, 0.1) is 23.7 Å². The topological polar surface area (TPSA) is 83.9 Å². The van der Waals surface area contributed by atoms with Crippen molar-refractivity contribution in [1.82, 2.24) is 10.3 Å². The summed E-state index contributed by atoms with van der Waals surface area (Å²) in [5.74, 6) is 1.43. The van der Waals surface area contributed by atoms with Crippen molar-refractivity contribution in [2.24, 2.45) is 23.7 Å². The SMILES string of the molecule is CC(C)(C)c1ccc(N(C[C@@H]2C3CCC4C(OC3)OCC42)C(C(=O)N[C@@H]2c3ccccc3C[C@@H]2O)c2cccnc2)cc1. The smallest absolute Gasteiger partial charge is 0.247 e. The van der Waals surface area contributed by atoms with E-state index in [4.69, 9.17) is 9.47 Å². The summed E-state index contributed by atoms with van der Waals surface area (Å²) in [6, 6.07) is 19.5. The Balaban J connectivity index is 1.28. The van der Waals surface area contributed by atoms with Gasteiger partial charge >= 0.3 is 0 Å². The highest BCUT2D eigenvalue weighted by Crippen LogP contribution is 2.50. The zero-order valence-electron chi connectivity index (χ0n) is 25.4. The standard InChI is InChI=1S/C36H43N3O4/c1-36(2,3)25-11-13-26(14-12-25)39(19-29-24-10-15-28-30(29)21-43-35(28)42-20-24)33(23-8-6-16-37-18-23)34(41)38-32-27-9-5-4-7-22(27)17-31(32)40/h4-9,11-14,16,18,24,28-33,35,40H,10,15,17,19-21H2,1-3H3,(H,38,41)/t24?,28?,29-,30?,31+,32-,33?,35?/m1/s1. The van der Waals surface area contributed by atoms with Gasteiger partial charge in [-0.1, -0.05) is 63.2 Å². The quantitative estimate of drug-likeness (QED) is 0.392. The predicted octanol–water partition coefficient (Wildman–Crippen LogP) is 5.35. The predicted molar refractivity (Wildman–Crippen MR) is 165 cm³/mol. The average Bonchev–Trinajstić information content (AvgIpc) is 3.44. The maximum Gasteiger partial charge on any atom is 0.247 e. The van der Waals surface area contributed by atoms with Gasteiger partial charge in [-0.05, 0) is 70.9 Å². The number of amides is 1. The molecule has 5 unspecified atom stereocenters. The number of carbonyl (C=O) groups excluding carboxylic acids is 1. The van der Waals surface area contributed by atoms with Crippen LogP contribution in [0.3, 0.4) is 0 Å². The molecule has 2 N–H and O–H groups in total. The zero-order chi connectivity index (χ0) is 29.7. The number of ether oxygens (including phenoxy) is 2. The molecule has 43 heavy (non-hydrogen) atoms. The molecule has 0 radical (unpaired) electrons. The van der Waals surface area contributed by atoms with Crippen molar-refractivity contribution in [3.8, 4) is 0 Å². The van der Waals surface area contributed by atoms with E-state index in [1.165, 1.54) is 5.56 Å². The summed E-state index contributed by atoms with van der Waals surface area (Å²) >= 11 is 0. The number of nitrogens with one attached hydrogen (secondary N) is 1. The first kappa shape index (κ1) is 28.5. The second-order valence-corrected chi connectivity index (χ2v) is 14.0. The highest BCUT2D eigenvalue weighted by molar-refractivity contribution is 5.87. The molecule has 3 aliphatic heterocycles. The number of aromatic nitrogens is 1. The minimum Gasteiger partial charge on any atom is -0.390 e. The summed E-state index contributed by atoms with van der Waals surface area (Å²) in [5, 5.41) is 14.3. The van der Waals surface area contributed by atoms with Crippen molar-refractivity contribution in [2.45, 2.75) is 69.9 Å². The van der Waals surface area contributed by atoms with Crippen LogP contribution in [-0.4, -0.2) is 48.2 Å². The summed E-state index contributed by atoms with van der Waals surface area (Å²) < 4.78 is 12.3. The van der Waals surface area contributed by atoms with E-state index in [0.717, 1.165) is 35.2 Å². The number of fused-ring (bicyclic) bond motifs is 3. The molecule has 226 valence electrons. The van der Waals surface area contributed by atoms with Gasteiger partial charge in [0.2, 0.25) is 5.91 Å². The van der Waals surface area contributed by atoms with E-state index in [2.05, 4.69) is 60.2 Å². The van der Waals surface area contributed by atoms with E-state index in [9.17, 15) is 9.90 Å². The number of hydrogen-bond acceptors (Lipinski definition) is 6. The number of pyridine rings is 1. The van der Waals surface area contributed by atoms with Gasteiger partial charge in [-0.15, -0.1) is 0 Å². The lowest BCUT2D eigenvalue weighted by molar-refractivity contribution is -0.131. The third-order valence-electron chi connectivity index (χ3n) is 10.4. The molecule has 7 heteroatoms. The second-order valence-electron chi connectivity index (χ2n) is 14.0. The van der Waals surface area contributed by atoms with Gasteiger partial charge in [0.1, 0.15) is 6.04 Å². The van der Waals surface area contributed by atoms with Crippen molar-refractivity contribution in [1.29, 1.82) is 0 Å². The highest BCUT2D eigenvalue weighted by atomic mass is 16.7. The fourth-order valence-electron chi connectivity index (χ4n) is 8.03. The summed E-state index contributed by atoms with van der Waals surface area (Å²) in [7, 11) is 0. The van der Waals surface area contributed by atoms with Crippen molar-refractivity contribution in [3.63, 3.8) is 0 Å². The van der Waals surface area contributed by atoms with Crippen molar-refractivity contribution in [3.05, 3.63) is 95.3 Å². The summed E-state index contributed by atoms with van der Waals surface area (Å²) in [5.41, 5.74) is 5.17. The van der Waals surface area contributed by atoms with Gasteiger partial charge in [-0.3, -0.25) is 9.78 Å². The van der Waals surface area contributed by atoms with Crippen LogP contribution in [0.15, 0.2) is 73.1 Å². The van der Waals surface area contributed by atoms with Crippen molar-refractivity contribution >= 4 is 11.6 Å². The number of nitrogens with zero attached hydrogens (tertiary/aromatic N) is 2. The number of aliphatic hydroxyl groups excluding tert-OH is 1. The Bertz CT molecular complexity index is 1440. The Morgan fingerprint density at radius 1 is 1.02 bits per heavy atom. The van der Waals surface area contributed by atoms with Crippen LogP contribution in [-0.2, 0) is 26.1 Å². The fourth-order valence-corrected chi connectivity index (χ4v) is 8.03. The first-order valence-corrected chi connectivity index (χ1v) is 15.8. The maximum atomic E-state index is 14.6. The van der Waals surface area contributed by atoms with Crippen LogP contribution >= 0.6 is 0 Å². The Hall–Kier alpha value is -3.26. The lowest BCUT2D eigenvalue weighted by atomic mass is 9.68. The summed E-state index contributed by atoms with van der Waals surface area (Å²) in [4.78, 5) is 21.3. The molecule has 4 heterocycles. The van der Waals surface area contributed by atoms with Crippen LogP contribution in [0.25, 0.3) is 0 Å². The van der Waals surface area contributed by atoms with E-state index in [0.29, 0.717) is 49.9 Å². The van der Waals surface area contributed by atoms with E-state index >= 15 is 0 Å². The normalized spacial score (nSPS) is 30.0. The minimum absolute atomic E-state index is 0.0173. The van der Waals surface area contributed by atoms with Gasteiger partial charge in [-0.25, -0.2) is 0 Å². The average molecular weight is 582 g/mol. The Morgan fingerprint density at radius 3 is 2.58 bits per heavy atom. The Kier molecular flexibility index (Phi) is 7.52. The molecule has 8 rings (SSSR count). The van der Waals surface area contributed by atoms with Gasteiger partial charge in [0, 0.05) is 42.5 Å². The van der Waals surface area contributed by atoms with Crippen molar-refractivity contribution in [2.75, 3.05) is 24.7 Å². The summed E-state index contributed by atoms with van der Waals surface area (Å²) in [6.45, 7) is 8.77. The number of anilines is 1. The third-order valence-corrected chi connectivity index (χ3v) is 10.4. The second kappa shape index (κ2) is 11.3. The molecule has 3 saturated heterocycles. The van der Waals surface area contributed by atoms with E-state index in [1.807, 2.05) is 36.4 Å². The molecule has 1 amide bonds. The molecule has 7 nitrogen and oxygen atoms in total. The van der Waals surface area contributed by atoms with Gasteiger partial charge in [0.25, 0.3) is 0 Å². The van der Waals surface area contributed by atoms with Crippen LogP contribution in [0.2, 0.25) is 0 Å². The molecule has 2 aromatic carbocycles. The number of benzene rings is 2. The van der Waals surface area contributed by atoms with Gasteiger partial charge in [-0.2, -0.15) is 0 Å². The van der Waals surface area contributed by atoms with Crippen LogP contribution in [0.5, 0.6) is 0 Å². The zero-order valence-corrected chi connectivity index (χ0v) is 25.4. The fraction of sp³-hybridized carbons (Fsp3) is 0.500. The molecular weight excluding hydrogens is 538 g/mol. The lowest BCUT2D eigenvalue weighted by Gasteiger charge is -2.42. The first-order chi connectivity index (χ1) is 20.8. The highest BCUT2D eigenvalue weighted by Gasteiger charge is 2.52. The maximum absolute atomic E-state index is 14.6. The van der Waals surface area contributed by atoms with E-state index in [-0.39, 0.29) is 17.6 Å². The monoisotopic (exact) mass is 581 g/mol. The van der Waals surface area contributed by atoms with Gasteiger partial charge < -0.3 is 24.8 Å².